The van der Waals surface area contributed by atoms with Crippen molar-refractivity contribution in [2.75, 3.05) is 6.54 Å². The first kappa shape index (κ1) is 19.7. The number of nitrogens with one attached hydrogen (secondary N) is 1. The smallest absolute Gasteiger partial charge is 0.260 e. The number of likely N-dealkylation sites (tertiary alicyclic amines) is 1. The number of carbonyl (C=O) groups is 3. The fraction of sp³-hybridized carbons (Fsp3) is 0.250. The number of halogens is 1. The minimum absolute atomic E-state index is 0.0175. The lowest BCUT2D eigenvalue weighted by Gasteiger charge is -2.31. The van der Waals surface area contributed by atoms with Gasteiger partial charge in [0.2, 0.25) is 16.9 Å². The van der Waals surface area contributed by atoms with E-state index in [4.69, 9.17) is 12.2 Å². The molecule has 2 atom stereocenters. The van der Waals surface area contributed by atoms with Gasteiger partial charge in [0.25, 0.3) is 5.91 Å². The number of carbonyl (C=O) groups excluding carboxylic acids is 3. The van der Waals surface area contributed by atoms with Crippen LogP contribution in [0.3, 0.4) is 0 Å². The molecule has 0 spiro atoms. The van der Waals surface area contributed by atoms with Crippen LogP contribution >= 0.6 is 28.1 Å². The molecule has 0 bridgehead atoms. The summed E-state index contributed by atoms with van der Waals surface area (Å²) in [5.74, 6) is -2.05. The lowest BCUT2D eigenvalue weighted by molar-refractivity contribution is -0.139. The van der Waals surface area contributed by atoms with Crippen LogP contribution in [0.25, 0.3) is 0 Å². The molecule has 9 heteroatoms. The second-order valence-corrected chi connectivity index (χ2v) is 8.27. The number of benzene rings is 1. The highest BCUT2D eigenvalue weighted by molar-refractivity contribution is 9.11. The van der Waals surface area contributed by atoms with E-state index < -0.39 is 17.7 Å². The van der Waals surface area contributed by atoms with Crippen LogP contribution < -0.4 is 5.43 Å². The van der Waals surface area contributed by atoms with Gasteiger partial charge in [-0.15, -0.1) is 0 Å². The Labute approximate surface area is 181 Å². The highest BCUT2D eigenvalue weighted by Crippen LogP contribution is 2.25. The number of nitrogens with zero attached hydrogens (tertiary/aromatic N) is 3. The van der Waals surface area contributed by atoms with Gasteiger partial charge in [0, 0.05) is 24.0 Å². The summed E-state index contributed by atoms with van der Waals surface area (Å²) in [5.41, 5.74) is 4.10. The van der Waals surface area contributed by atoms with E-state index >= 15 is 0 Å². The van der Waals surface area contributed by atoms with Crippen molar-refractivity contribution in [3.63, 3.8) is 0 Å². The topological polar surface area (TPSA) is 82.1 Å². The van der Waals surface area contributed by atoms with Gasteiger partial charge in [-0.05, 0) is 29.9 Å². The maximum atomic E-state index is 12.8. The van der Waals surface area contributed by atoms with Crippen molar-refractivity contribution >= 4 is 56.7 Å². The van der Waals surface area contributed by atoms with Crippen LogP contribution in [-0.2, 0) is 20.9 Å². The van der Waals surface area contributed by atoms with Crippen LogP contribution in [0.2, 0.25) is 0 Å². The van der Waals surface area contributed by atoms with Gasteiger partial charge in [0.05, 0.1) is 11.6 Å². The molecule has 4 rings (SSSR count). The Morgan fingerprint density at radius 2 is 2.00 bits per heavy atom. The van der Waals surface area contributed by atoms with Gasteiger partial charge in [-0.1, -0.05) is 52.3 Å². The number of rotatable bonds is 4. The minimum Gasteiger partial charge on any atom is -0.338 e. The van der Waals surface area contributed by atoms with Gasteiger partial charge in [0.1, 0.15) is 5.92 Å². The number of aliphatic imine (C=N–C) groups is 1. The summed E-state index contributed by atoms with van der Waals surface area (Å²) in [6.45, 7) is 0.742. The van der Waals surface area contributed by atoms with Crippen LogP contribution in [0.4, 0.5) is 0 Å². The Morgan fingerprint density at radius 1 is 1.24 bits per heavy atom. The fourth-order valence-electron chi connectivity index (χ4n) is 3.48. The van der Waals surface area contributed by atoms with E-state index in [1.54, 1.807) is 23.1 Å². The molecular weight excluding hydrogens is 456 g/mol. The highest BCUT2D eigenvalue weighted by atomic mass is 79.9. The van der Waals surface area contributed by atoms with Gasteiger partial charge in [-0.3, -0.25) is 19.8 Å². The standard InChI is InChI=1S/C20H17BrN4O3S/c21-14-6-7-16-15(9-14)19(28)25(20(29)22-16)23-18(27)13-8-17(26)24(11-13)10-12-4-2-1-3-5-12/h1-7,9,13,15H,8,10-11H2,(H,23,27). The number of thiocarbonyl (C=S) groups is 1. The molecule has 2 aliphatic heterocycles. The monoisotopic (exact) mass is 472 g/mol. The zero-order valence-corrected chi connectivity index (χ0v) is 17.6. The zero-order valence-electron chi connectivity index (χ0n) is 15.2. The summed E-state index contributed by atoms with van der Waals surface area (Å²) >= 11 is 8.53. The molecule has 1 aromatic carbocycles. The van der Waals surface area contributed by atoms with E-state index in [1.807, 2.05) is 30.3 Å². The third-order valence-corrected chi connectivity index (χ3v) is 5.79. The molecule has 3 amide bonds. The first-order chi connectivity index (χ1) is 13.9. The van der Waals surface area contributed by atoms with E-state index in [-0.39, 0.29) is 23.3 Å². The third kappa shape index (κ3) is 4.06. The first-order valence-corrected chi connectivity index (χ1v) is 10.3. The molecule has 1 N–H and O–H groups in total. The predicted molar refractivity (Wildman–Crippen MR) is 115 cm³/mol. The molecule has 1 aliphatic carbocycles. The first-order valence-electron chi connectivity index (χ1n) is 9.06. The molecule has 2 unspecified atom stereocenters. The van der Waals surface area contributed by atoms with E-state index in [0.717, 1.165) is 15.1 Å². The maximum Gasteiger partial charge on any atom is 0.260 e. The average Bonchev–Trinajstić information content (AvgIpc) is 3.07. The Bertz CT molecular complexity index is 989. The molecule has 148 valence electrons. The molecule has 1 fully saturated rings. The van der Waals surface area contributed by atoms with Gasteiger partial charge in [-0.25, -0.2) is 4.99 Å². The Kier molecular flexibility index (Phi) is 5.42. The molecule has 2 heterocycles. The van der Waals surface area contributed by atoms with Crippen molar-refractivity contribution in [2.24, 2.45) is 16.8 Å². The largest absolute Gasteiger partial charge is 0.338 e. The third-order valence-electron chi connectivity index (χ3n) is 4.98. The van der Waals surface area contributed by atoms with Gasteiger partial charge in [-0.2, -0.15) is 5.01 Å². The minimum atomic E-state index is -0.610. The average molecular weight is 473 g/mol. The number of fused-ring (bicyclic) bond motifs is 1. The molecule has 3 aliphatic rings. The summed E-state index contributed by atoms with van der Waals surface area (Å²) in [5, 5.41) is 0.989. The summed E-state index contributed by atoms with van der Waals surface area (Å²) in [6.07, 6.45) is 5.31. The van der Waals surface area contributed by atoms with Crippen molar-refractivity contribution < 1.29 is 14.4 Å². The summed E-state index contributed by atoms with van der Waals surface area (Å²) in [4.78, 5) is 43.8. The fourth-order valence-corrected chi connectivity index (χ4v) is 4.11. The second-order valence-electron chi connectivity index (χ2n) is 6.99. The molecule has 7 nitrogen and oxygen atoms in total. The van der Waals surface area contributed by atoms with Crippen molar-refractivity contribution in [3.05, 3.63) is 58.6 Å². The van der Waals surface area contributed by atoms with E-state index in [1.165, 1.54) is 0 Å². The Balaban J connectivity index is 1.42. The van der Waals surface area contributed by atoms with Crippen molar-refractivity contribution in [1.29, 1.82) is 0 Å². The van der Waals surface area contributed by atoms with Crippen LogP contribution in [-0.4, -0.2) is 45.0 Å². The molecule has 0 aromatic heterocycles. The lowest BCUT2D eigenvalue weighted by atomic mass is 9.96. The zero-order chi connectivity index (χ0) is 20.5. The summed E-state index contributed by atoms with van der Waals surface area (Å²) < 4.78 is 0.756. The van der Waals surface area contributed by atoms with Gasteiger partial charge >= 0.3 is 0 Å². The number of hydrogen-bond donors (Lipinski definition) is 1. The van der Waals surface area contributed by atoms with Crippen molar-refractivity contribution in [1.82, 2.24) is 15.3 Å². The molecule has 0 saturated carbocycles. The molecule has 1 saturated heterocycles. The quantitative estimate of drug-likeness (QED) is 0.680. The van der Waals surface area contributed by atoms with E-state index in [0.29, 0.717) is 18.8 Å². The highest BCUT2D eigenvalue weighted by Gasteiger charge is 2.39. The Hall–Kier alpha value is -2.65. The van der Waals surface area contributed by atoms with Crippen LogP contribution in [0.1, 0.15) is 12.0 Å². The Morgan fingerprint density at radius 3 is 2.76 bits per heavy atom. The molecule has 1 aromatic rings. The van der Waals surface area contributed by atoms with Crippen molar-refractivity contribution in [3.8, 4) is 0 Å². The van der Waals surface area contributed by atoms with Crippen LogP contribution in [0, 0.1) is 11.8 Å². The second kappa shape index (κ2) is 8.00. The van der Waals surface area contributed by atoms with E-state index in [2.05, 4.69) is 26.3 Å². The molecule has 29 heavy (non-hydrogen) atoms. The molecule has 0 radical (unpaired) electrons. The van der Waals surface area contributed by atoms with E-state index in [9.17, 15) is 14.4 Å². The number of allylic oxidation sites excluding steroid dienone is 3. The maximum absolute atomic E-state index is 12.8. The normalized spacial score (nSPS) is 23.7. The van der Waals surface area contributed by atoms with Gasteiger partial charge < -0.3 is 4.90 Å². The van der Waals surface area contributed by atoms with Crippen molar-refractivity contribution in [2.45, 2.75) is 13.0 Å². The van der Waals surface area contributed by atoms with Gasteiger partial charge in [0.15, 0.2) is 0 Å². The number of amides is 3. The lowest BCUT2D eigenvalue weighted by Crippen LogP contribution is -2.56. The van der Waals surface area contributed by atoms with Crippen LogP contribution in [0.15, 0.2) is 58.0 Å². The molecular formula is C20H17BrN4O3S. The number of hydrogen-bond acceptors (Lipinski definition) is 4. The summed E-state index contributed by atoms with van der Waals surface area (Å²) in [6, 6.07) is 9.60. The summed E-state index contributed by atoms with van der Waals surface area (Å²) in [7, 11) is 0. The predicted octanol–water partition coefficient (Wildman–Crippen LogP) is 2.10. The van der Waals surface area contributed by atoms with Crippen LogP contribution in [0.5, 0.6) is 0 Å². The SMILES string of the molecule is O=C(NN1C(=O)C2C=C(Br)C=CC2=NC1=S)C1CC(=O)N(Cc2ccccc2)C1. The number of hydrazine groups is 1.